The van der Waals surface area contributed by atoms with Crippen molar-refractivity contribution in [1.82, 2.24) is 10.1 Å². The lowest BCUT2D eigenvalue weighted by molar-refractivity contribution is 0.432. The summed E-state index contributed by atoms with van der Waals surface area (Å²) < 4.78 is 44.1. The van der Waals surface area contributed by atoms with E-state index in [1.165, 1.54) is 11.3 Å². The molecule has 4 nitrogen and oxygen atoms in total. The zero-order chi connectivity index (χ0) is 14.3. The number of hydrogen-bond donors (Lipinski definition) is 1. The molecule has 3 aromatic rings. The Morgan fingerprint density at radius 3 is 2.40 bits per heavy atom. The minimum absolute atomic E-state index is 0.0130. The maximum atomic E-state index is 13.1. The van der Waals surface area contributed by atoms with E-state index in [9.17, 15) is 13.2 Å². The molecule has 0 unspecified atom stereocenters. The maximum Gasteiger partial charge on any atom is 0.268 e. The van der Waals surface area contributed by atoms with E-state index in [2.05, 4.69) is 10.1 Å². The van der Waals surface area contributed by atoms with Crippen LogP contribution in [-0.2, 0) is 0 Å². The minimum Gasteiger partial charge on any atom is -0.391 e. The highest BCUT2D eigenvalue weighted by molar-refractivity contribution is 7.19. The quantitative estimate of drug-likeness (QED) is 0.736. The van der Waals surface area contributed by atoms with Crippen molar-refractivity contribution < 1.29 is 17.7 Å². The molecular formula is C12H6F3N3OS. The Labute approximate surface area is 114 Å². The fourth-order valence-corrected chi connectivity index (χ4v) is 2.29. The van der Waals surface area contributed by atoms with Crippen LogP contribution in [0.15, 0.2) is 28.8 Å². The number of aromatic nitrogens is 2. The topological polar surface area (TPSA) is 64.9 Å². The van der Waals surface area contributed by atoms with Crippen molar-refractivity contribution in [1.29, 1.82) is 0 Å². The zero-order valence-corrected chi connectivity index (χ0v) is 10.5. The fraction of sp³-hybridized carbons (Fsp3) is 0. The average Bonchev–Trinajstić information content (AvgIpc) is 3.03. The predicted molar refractivity (Wildman–Crippen MR) is 67.3 cm³/mol. The van der Waals surface area contributed by atoms with E-state index in [4.69, 9.17) is 10.3 Å². The third kappa shape index (κ3) is 2.14. The summed E-state index contributed by atoms with van der Waals surface area (Å²) in [4.78, 5) is 4.63. The monoisotopic (exact) mass is 297 g/mol. The molecule has 20 heavy (non-hydrogen) atoms. The maximum absolute atomic E-state index is 13.1. The molecule has 1 aromatic carbocycles. The molecule has 0 spiro atoms. The van der Waals surface area contributed by atoms with Gasteiger partial charge in [-0.3, -0.25) is 0 Å². The van der Waals surface area contributed by atoms with Gasteiger partial charge in [-0.05, 0) is 24.3 Å². The summed E-state index contributed by atoms with van der Waals surface area (Å²) in [5.74, 6) is -4.03. The van der Waals surface area contributed by atoms with Gasteiger partial charge in [0.25, 0.3) is 5.89 Å². The molecule has 2 heterocycles. The van der Waals surface area contributed by atoms with E-state index < -0.39 is 17.5 Å². The predicted octanol–water partition coefficient (Wildman–Crippen LogP) is 3.46. The van der Waals surface area contributed by atoms with Crippen molar-refractivity contribution >= 4 is 16.3 Å². The Morgan fingerprint density at radius 2 is 1.80 bits per heavy atom. The summed E-state index contributed by atoms with van der Waals surface area (Å²) >= 11 is 1.23. The van der Waals surface area contributed by atoms with Gasteiger partial charge in [-0.25, -0.2) is 13.2 Å². The standard InChI is InChI=1S/C12H6F3N3OS/c13-6-3-5(4-7(14)10(6)15)11-17-12(19-18-11)8-1-2-9(16)20-8/h1-4H,16H2. The molecule has 2 aromatic heterocycles. The van der Waals surface area contributed by atoms with Crippen LogP contribution in [-0.4, -0.2) is 10.1 Å². The Kier molecular flexibility index (Phi) is 2.94. The van der Waals surface area contributed by atoms with Gasteiger partial charge in [0.1, 0.15) is 0 Å². The average molecular weight is 297 g/mol. The number of nitrogen functional groups attached to an aromatic ring is 1. The van der Waals surface area contributed by atoms with Gasteiger partial charge >= 0.3 is 0 Å². The number of rotatable bonds is 2. The number of hydrogen-bond acceptors (Lipinski definition) is 5. The molecule has 2 N–H and O–H groups in total. The molecule has 0 radical (unpaired) electrons. The molecule has 0 atom stereocenters. The Balaban J connectivity index is 2.02. The Morgan fingerprint density at radius 1 is 1.10 bits per heavy atom. The number of anilines is 1. The van der Waals surface area contributed by atoms with Crippen molar-refractivity contribution in [3.05, 3.63) is 41.7 Å². The number of benzene rings is 1. The summed E-state index contributed by atoms with van der Waals surface area (Å²) in [5.41, 5.74) is 5.57. The van der Waals surface area contributed by atoms with E-state index in [0.29, 0.717) is 9.88 Å². The molecule has 0 aliphatic rings. The third-order valence-electron chi connectivity index (χ3n) is 2.51. The van der Waals surface area contributed by atoms with Gasteiger partial charge in [0.05, 0.1) is 9.88 Å². The molecule has 8 heteroatoms. The highest BCUT2D eigenvalue weighted by Crippen LogP contribution is 2.30. The van der Waals surface area contributed by atoms with Gasteiger partial charge in [0.2, 0.25) is 5.82 Å². The van der Waals surface area contributed by atoms with Crippen molar-refractivity contribution in [2.24, 2.45) is 0 Å². The van der Waals surface area contributed by atoms with Gasteiger partial charge in [-0.15, -0.1) is 11.3 Å². The van der Waals surface area contributed by atoms with Gasteiger partial charge in [0, 0.05) is 5.56 Å². The number of nitrogens with two attached hydrogens (primary N) is 1. The molecule has 3 rings (SSSR count). The van der Waals surface area contributed by atoms with Crippen molar-refractivity contribution in [2.45, 2.75) is 0 Å². The first kappa shape index (κ1) is 12.7. The van der Waals surface area contributed by atoms with Crippen molar-refractivity contribution in [2.75, 3.05) is 5.73 Å². The Hall–Kier alpha value is -2.35. The van der Waals surface area contributed by atoms with Crippen LogP contribution in [0.3, 0.4) is 0 Å². The summed E-state index contributed by atoms with van der Waals surface area (Å²) in [7, 11) is 0. The number of thiophene rings is 1. The van der Waals surface area contributed by atoms with Crippen LogP contribution in [0.1, 0.15) is 0 Å². The van der Waals surface area contributed by atoms with E-state index in [0.717, 1.165) is 12.1 Å². The summed E-state index contributed by atoms with van der Waals surface area (Å²) in [5, 5.41) is 4.18. The number of nitrogens with zero attached hydrogens (tertiary/aromatic N) is 2. The van der Waals surface area contributed by atoms with Crippen LogP contribution < -0.4 is 5.73 Å². The van der Waals surface area contributed by atoms with Gasteiger partial charge < -0.3 is 10.3 Å². The largest absolute Gasteiger partial charge is 0.391 e. The van der Waals surface area contributed by atoms with Gasteiger partial charge in [-0.1, -0.05) is 5.16 Å². The SMILES string of the molecule is Nc1ccc(-c2nc(-c3cc(F)c(F)c(F)c3)no2)s1. The smallest absolute Gasteiger partial charge is 0.268 e. The van der Waals surface area contributed by atoms with E-state index in [1.54, 1.807) is 12.1 Å². The molecule has 0 aliphatic carbocycles. The van der Waals surface area contributed by atoms with E-state index >= 15 is 0 Å². The van der Waals surface area contributed by atoms with E-state index in [-0.39, 0.29) is 17.3 Å². The van der Waals surface area contributed by atoms with Crippen LogP contribution in [0, 0.1) is 17.5 Å². The van der Waals surface area contributed by atoms with Crippen LogP contribution in [0.4, 0.5) is 18.2 Å². The number of halogens is 3. The molecule has 0 bridgehead atoms. The molecular weight excluding hydrogens is 291 g/mol. The second kappa shape index (κ2) is 4.64. The van der Waals surface area contributed by atoms with Gasteiger partial charge in [0.15, 0.2) is 17.5 Å². The second-order valence-electron chi connectivity index (χ2n) is 3.88. The lowest BCUT2D eigenvalue weighted by Gasteiger charge is -1.97. The lowest BCUT2D eigenvalue weighted by Crippen LogP contribution is -1.92. The Bertz CT molecular complexity index is 761. The zero-order valence-electron chi connectivity index (χ0n) is 9.73. The minimum atomic E-state index is -1.54. The fourth-order valence-electron chi connectivity index (χ4n) is 1.59. The highest BCUT2D eigenvalue weighted by atomic mass is 32.1. The first-order valence-corrected chi connectivity index (χ1v) is 6.20. The third-order valence-corrected chi connectivity index (χ3v) is 3.41. The van der Waals surface area contributed by atoms with Crippen LogP contribution in [0.2, 0.25) is 0 Å². The lowest BCUT2D eigenvalue weighted by atomic mass is 10.2. The normalized spacial score (nSPS) is 10.9. The first-order valence-electron chi connectivity index (χ1n) is 5.39. The van der Waals surface area contributed by atoms with Crippen LogP contribution in [0.25, 0.3) is 22.2 Å². The first-order chi connectivity index (χ1) is 9.54. The van der Waals surface area contributed by atoms with Crippen molar-refractivity contribution in [3.8, 4) is 22.2 Å². The second-order valence-corrected chi connectivity index (χ2v) is 4.99. The molecule has 0 saturated carbocycles. The molecule has 0 aliphatic heterocycles. The van der Waals surface area contributed by atoms with E-state index in [1.807, 2.05) is 0 Å². The van der Waals surface area contributed by atoms with Gasteiger partial charge in [-0.2, -0.15) is 4.98 Å². The van der Waals surface area contributed by atoms with Crippen LogP contribution in [0.5, 0.6) is 0 Å². The molecule has 0 fully saturated rings. The van der Waals surface area contributed by atoms with Crippen molar-refractivity contribution in [3.63, 3.8) is 0 Å². The molecule has 0 amide bonds. The molecule has 102 valence electrons. The summed E-state index contributed by atoms with van der Waals surface area (Å²) in [6, 6.07) is 4.95. The molecule has 0 saturated heterocycles. The highest BCUT2D eigenvalue weighted by Gasteiger charge is 2.16. The van der Waals surface area contributed by atoms with Crippen LogP contribution >= 0.6 is 11.3 Å². The summed E-state index contributed by atoms with van der Waals surface area (Å²) in [6.45, 7) is 0. The summed E-state index contributed by atoms with van der Waals surface area (Å²) in [6.07, 6.45) is 0.